The Kier molecular flexibility index (Phi) is 3.72. The van der Waals surface area contributed by atoms with Gasteiger partial charge in [0.25, 0.3) is 0 Å². The van der Waals surface area contributed by atoms with Crippen LogP contribution in [0.25, 0.3) is 5.65 Å². The number of nitriles is 1. The molecule has 3 heterocycles. The lowest BCUT2D eigenvalue weighted by molar-refractivity contribution is 0.739. The van der Waals surface area contributed by atoms with E-state index in [9.17, 15) is 0 Å². The lowest BCUT2D eigenvalue weighted by atomic mass is 10.1. The van der Waals surface area contributed by atoms with Gasteiger partial charge in [0.05, 0.1) is 5.69 Å². The van der Waals surface area contributed by atoms with Crippen molar-refractivity contribution in [2.45, 2.75) is 31.6 Å². The van der Waals surface area contributed by atoms with E-state index in [1.807, 2.05) is 23.7 Å². The third kappa shape index (κ3) is 2.87. The van der Waals surface area contributed by atoms with Crippen LogP contribution in [0.1, 0.15) is 42.3 Å². The molecule has 1 saturated carbocycles. The van der Waals surface area contributed by atoms with E-state index in [0.717, 1.165) is 48.8 Å². The van der Waals surface area contributed by atoms with Crippen LogP contribution in [-0.2, 0) is 6.42 Å². The highest BCUT2D eigenvalue weighted by atomic mass is 15.4. The summed E-state index contributed by atoms with van der Waals surface area (Å²) in [5, 5.41) is 29.0. The van der Waals surface area contributed by atoms with Gasteiger partial charge in [-0.25, -0.2) is 0 Å². The molecule has 1 aliphatic rings. The number of aromatic nitrogens is 6. The number of nitrogens with two attached hydrogens (primary N) is 1. The summed E-state index contributed by atoms with van der Waals surface area (Å²) in [5.74, 6) is 2.59. The predicted octanol–water partition coefficient (Wildman–Crippen LogP) is 1.25. The summed E-state index contributed by atoms with van der Waals surface area (Å²) in [4.78, 5) is 2.09. The van der Waals surface area contributed by atoms with Crippen LogP contribution < -0.4 is 10.6 Å². The highest BCUT2D eigenvalue weighted by molar-refractivity contribution is 5.51. The second-order valence-corrected chi connectivity index (χ2v) is 6.39. The largest absolute Gasteiger partial charge is 0.381 e. The monoisotopic (exact) mass is 337 g/mol. The minimum atomic E-state index is 0.262. The van der Waals surface area contributed by atoms with Crippen LogP contribution in [0.3, 0.4) is 0 Å². The van der Waals surface area contributed by atoms with Crippen LogP contribution in [0.5, 0.6) is 0 Å². The molecule has 3 N–H and O–H groups in total. The molecule has 3 aromatic heterocycles. The number of aromatic amines is 1. The number of aryl methyl sites for hydroxylation is 1. The van der Waals surface area contributed by atoms with Crippen LogP contribution in [0.4, 0.5) is 11.6 Å². The molecule has 128 valence electrons. The molecule has 9 nitrogen and oxygen atoms in total. The van der Waals surface area contributed by atoms with Gasteiger partial charge < -0.3 is 10.6 Å². The molecule has 0 atom stereocenters. The Morgan fingerprint density at radius 3 is 3.00 bits per heavy atom. The third-order valence-electron chi connectivity index (χ3n) is 4.51. The fourth-order valence-corrected chi connectivity index (χ4v) is 2.90. The zero-order chi connectivity index (χ0) is 17.4. The smallest absolute Gasteiger partial charge is 0.178 e. The van der Waals surface area contributed by atoms with Crippen molar-refractivity contribution in [3.63, 3.8) is 0 Å². The van der Waals surface area contributed by atoms with Gasteiger partial charge in [-0.2, -0.15) is 14.9 Å². The summed E-state index contributed by atoms with van der Waals surface area (Å²) in [5.41, 5.74) is 7.67. The second-order valence-electron chi connectivity index (χ2n) is 6.39. The van der Waals surface area contributed by atoms with E-state index in [2.05, 4.69) is 36.5 Å². The third-order valence-corrected chi connectivity index (χ3v) is 4.51. The standard InChI is InChI=1S/C16H19N9/c1-24(8-2-3-12-11(9-17)15(18)21-19-12)14-7-6-13-20-22-16(10-4-5-10)25(13)23-14/h6-7,10H,2-5,8H2,1H3,(H3,18,19,21). The Balaban J connectivity index is 1.44. The van der Waals surface area contributed by atoms with E-state index < -0.39 is 0 Å². The van der Waals surface area contributed by atoms with Gasteiger partial charge in [-0.3, -0.25) is 5.10 Å². The van der Waals surface area contributed by atoms with Gasteiger partial charge in [0.1, 0.15) is 17.5 Å². The van der Waals surface area contributed by atoms with Crippen molar-refractivity contribution >= 4 is 17.3 Å². The normalized spacial score (nSPS) is 13.9. The van der Waals surface area contributed by atoms with Crippen molar-refractivity contribution in [1.29, 1.82) is 5.26 Å². The zero-order valence-corrected chi connectivity index (χ0v) is 14.0. The number of rotatable bonds is 6. The van der Waals surface area contributed by atoms with Crippen molar-refractivity contribution in [3.05, 3.63) is 29.2 Å². The van der Waals surface area contributed by atoms with Crippen molar-refractivity contribution in [1.82, 2.24) is 30.0 Å². The minimum Gasteiger partial charge on any atom is -0.381 e. The topological polar surface area (TPSA) is 125 Å². The lowest BCUT2D eigenvalue weighted by Gasteiger charge is -2.17. The number of fused-ring (bicyclic) bond motifs is 1. The molecule has 0 unspecified atom stereocenters. The van der Waals surface area contributed by atoms with E-state index in [1.165, 1.54) is 0 Å². The summed E-state index contributed by atoms with van der Waals surface area (Å²) in [6, 6.07) is 5.99. The highest BCUT2D eigenvalue weighted by Crippen LogP contribution is 2.38. The highest BCUT2D eigenvalue weighted by Gasteiger charge is 2.29. The van der Waals surface area contributed by atoms with Crippen LogP contribution in [0.2, 0.25) is 0 Å². The molecule has 9 heteroatoms. The lowest BCUT2D eigenvalue weighted by Crippen LogP contribution is -2.21. The first-order chi connectivity index (χ1) is 12.2. The van der Waals surface area contributed by atoms with Crippen molar-refractivity contribution in [2.75, 3.05) is 24.2 Å². The Labute approximate surface area is 144 Å². The van der Waals surface area contributed by atoms with Gasteiger partial charge in [-0.15, -0.1) is 15.3 Å². The molecular formula is C16H19N9. The quantitative estimate of drug-likeness (QED) is 0.693. The molecule has 0 saturated heterocycles. The molecule has 0 bridgehead atoms. The van der Waals surface area contributed by atoms with E-state index >= 15 is 0 Å². The molecule has 25 heavy (non-hydrogen) atoms. The number of anilines is 2. The molecule has 0 amide bonds. The number of H-pyrrole nitrogens is 1. The van der Waals surface area contributed by atoms with Gasteiger partial charge in [0, 0.05) is 19.5 Å². The summed E-state index contributed by atoms with van der Waals surface area (Å²) in [6.07, 6.45) is 3.89. The SMILES string of the molecule is CN(CCCc1[nH]nc(N)c1C#N)c1ccc2nnc(C3CC3)n2n1. The number of nitrogens with one attached hydrogen (secondary N) is 1. The second kappa shape index (κ2) is 6.05. The fourth-order valence-electron chi connectivity index (χ4n) is 2.90. The Morgan fingerprint density at radius 2 is 2.24 bits per heavy atom. The molecule has 0 aliphatic heterocycles. The maximum absolute atomic E-state index is 9.11. The molecule has 0 aromatic carbocycles. The fraction of sp³-hybridized carbons (Fsp3) is 0.438. The molecule has 1 aliphatic carbocycles. The van der Waals surface area contributed by atoms with Crippen molar-refractivity contribution < 1.29 is 0 Å². The number of hydrogen-bond donors (Lipinski definition) is 2. The molecule has 0 radical (unpaired) electrons. The summed E-state index contributed by atoms with van der Waals surface area (Å²) < 4.78 is 1.85. The van der Waals surface area contributed by atoms with Gasteiger partial charge in [0.15, 0.2) is 17.3 Å². The van der Waals surface area contributed by atoms with Crippen LogP contribution in [-0.4, -0.2) is 43.6 Å². The Morgan fingerprint density at radius 1 is 1.40 bits per heavy atom. The molecule has 0 spiro atoms. The Hall–Kier alpha value is -3.15. The average molecular weight is 337 g/mol. The average Bonchev–Trinajstić information content (AvgIpc) is 3.28. The van der Waals surface area contributed by atoms with E-state index in [-0.39, 0.29) is 5.82 Å². The summed E-state index contributed by atoms with van der Waals surface area (Å²) in [7, 11) is 2.00. The maximum atomic E-state index is 9.11. The van der Waals surface area contributed by atoms with Gasteiger partial charge in [-0.05, 0) is 37.8 Å². The first-order valence-electron chi connectivity index (χ1n) is 8.33. The van der Waals surface area contributed by atoms with Crippen LogP contribution in [0, 0.1) is 11.3 Å². The first kappa shape index (κ1) is 15.4. The van der Waals surface area contributed by atoms with E-state index in [4.69, 9.17) is 11.0 Å². The van der Waals surface area contributed by atoms with Gasteiger partial charge >= 0.3 is 0 Å². The maximum Gasteiger partial charge on any atom is 0.178 e. The minimum absolute atomic E-state index is 0.262. The van der Waals surface area contributed by atoms with Crippen LogP contribution >= 0.6 is 0 Å². The molecule has 1 fully saturated rings. The Bertz CT molecular complexity index is 944. The van der Waals surface area contributed by atoms with Crippen LogP contribution in [0.15, 0.2) is 12.1 Å². The summed E-state index contributed by atoms with van der Waals surface area (Å²) in [6.45, 7) is 0.795. The van der Waals surface area contributed by atoms with Crippen molar-refractivity contribution in [3.8, 4) is 6.07 Å². The zero-order valence-electron chi connectivity index (χ0n) is 14.0. The summed E-state index contributed by atoms with van der Waals surface area (Å²) >= 11 is 0. The molecular weight excluding hydrogens is 318 g/mol. The van der Waals surface area contributed by atoms with Crippen molar-refractivity contribution in [2.24, 2.45) is 0 Å². The molecule has 4 rings (SSSR count). The van der Waals surface area contributed by atoms with Gasteiger partial charge in [0.2, 0.25) is 0 Å². The number of nitrogens with zero attached hydrogens (tertiary/aromatic N) is 7. The predicted molar refractivity (Wildman–Crippen MR) is 92.1 cm³/mol. The number of nitrogen functional groups attached to an aromatic ring is 1. The molecule has 3 aromatic rings. The van der Waals surface area contributed by atoms with E-state index in [1.54, 1.807) is 0 Å². The number of hydrogen-bond acceptors (Lipinski definition) is 7. The van der Waals surface area contributed by atoms with E-state index in [0.29, 0.717) is 17.9 Å². The van der Waals surface area contributed by atoms with Gasteiger partial charge in [-0.1, -0.05) is 0 Å². The first-order valence-corrected chi connectivity index (χ1v) is 8.33.